The lowest BCUT2D eigenvalue weighted by Crippen LogP contribution is -2.33. The van der Waals surface area contributed by atoms with Crippen molar-refractivity contribution < 1.29 is 9.85 Å². The van der Waals surface area contributed by atoms with E-state index in [1.54, 1.807) is 0 Å². The van der Waals surface area contributed by atoms with E-state index in [-0.39, 0.29) is 12.1 Å². The van der Waals surface area contributed by atoms with Gasteiger partial charge in [0.05, 0.1) is 4.92 Å². The first-order valence-electron chi connectivity index (χ1n) is 3.64. The summed E-state index contributed by atoms with van der Waals surface area (Å²) < 4.78 is 0. The second-order valence-corrected chi connectivity index (χ2v) is 3.04. The summed E-state index contributed by atoms with van der Waals surface area (Å²) in [5.74, 6) is 0. The first-order valence-corrected chi connectivity index (χ1v) is 3.64. The lowest BCUT2D eigenvalue weighted by molar-refractivity contribution is -0.550. The molecule has 0 aromatic carbocycles. The van der Waals surface area contributed by atoms with Crippen molar-refractivity contribution in [1.29, 1.82) is 0 Å². The molecule has 1 atom stereocenters. The van der Waals surface area contributed by atoms with Gasteiger partial charge in [0.2, 0.25) is 5.54 Å². The molecule has 0 aliphatic heterocycles. The molecule has 1 unspecified atom stereocenters. The minimum Gasteiger partial charge on any atom is -0.264 e. The third-order valence-corrected chi connectivity index (χ3v) is 1.97. The molecule has 1 aliphatic carbocycles. The van der Waals surface area contributed by atoms with Crippen molar-refractivity contribution in [2.45, 2.75) is 18.9 Å². The number of nitrogens with zero attached hydrogens (tertiary/aromatic N) is 2. The van der Waals surface area contributed by atoms with E-state index in [0.717, 1.165) is 0 Å². The van der Waals surface area contributed by atoms with Gasteiger partial charge < -0.3 is 0 Å². The van der Waals surface area contributed by atoms with Crippen LogP contribution in [0.25, 0.3) is 0 Å². The molecule has 0 aromatic heterocycles. The normalized spacial score (nSPS) is 26.7. The van der Waals surface area contributed by atoms with Gasteiger partial charge in [-0.1, -0.05) is 0 Å². The molecule has 1 aliphatic rings. The molecule has 13 heavy (non-hydrogen) atoms. The lowest BCUT2D eigenvalue weighted by atomic mass is 9.93. The van der Waals surface area contributed by atoms with Crippen molar-refractivity contribution in [3.8, 4) is 0 Å². The molecule has 6 nitrogen and oxygen atoms in total. The van der Waals surface area contributed by atoms with E-state index < -0.39 is 15.4 Å². The van der Waals surface area contributed by atoms with Gasteiger partial charge in [0.15, 0.2) is 0 Å². The van der Waals surface area contributed by atoms with Crippen LogP contribution in [0.1, 0.15) is 13.3 Å². The minimum absolute atomic E-state index is 0.0623. The smallest absolute Gasteiger partial charge is 0.264 e. The van der Waals surface area contributed by atoms with Gasteiger partial charge in [-0.15, -0.1) is 0 Å². The average molecular weight is 184 g/mol. The van der Waals surface area contributed by atoms with Crippen LogP contribution in [-0.2, 0) is 0 Å². The zero-order valence-corrected chi connectivity index (χ0v) is 6.97. The Labute approximate surface area is 73.8 Å². The average Bonchev–Trinajstić information content (AvgIpc) is 2.04. The second kappa shape index (κ2) is 2.96. The highest BCUT2D eigenvalue weighted by atomic mass is 16.6. The quantitative estimate of drug-likeness (QED) is 0.475. The number of hydrogen-bond donors (Lipinski definition) is 0. The SMILES string of the molecule is CC1([N+](=O)[O-])C=CC([N+](=O)[O-])=CC1. The fourth-order valence-electron chi connectivity index (χ4n) is 0.983. The van der Waals surface area contributed by atoms with E-state index in [4.69, 9.17) is 0 Å². The molecule has 0 amide bonds. The Morgan fingerprint density at radius 1 is 1.46 bits per heavy atom. The van der Waals surface area contributed by atoms with E-state index in [9.17, 15) is 20.2 Å². The fraction of sp³-hybridized carbons (Fsp3) is 0.429. The minimum atomic E-state index is -1.19. The maximum atomic E-state index is 10.5. The maximum absolute atomic E-state index is 10.5. The number of rotatable bonds is 2. The number of allylic oxidation sites excluding steroid dienone is 1. The van der Waals surface area contributed by atoms with Crippen LogP contribution in [0, 0.1) is 20.2 Å². The predicted octanol–water partition coefficient (Wildman–Crippen LogP) is 1.14. The van der Waals surface area contributed by atoms with Gasteiger partial charge in [-0.2, -0.15) is 0 Å². The molecule has 0 bridgehead atoms. The Balaban J connectivity index is 2.85. The van der Waals surface area contributed by atoms with E-state index >= 15 is 0 Å². The molecule has 0 radical (unpaired) electrons. The highest BCUT2D eigenvalue weighted by Gasteiger charge is 2.36. The number of hydrogen-bond acceptors (Lipinski definition) is 4. The summed E-state index contributed by atoms with van der Waals surface area (Å²) >= 11 is 0. The Morgan fingerprint density at radius 3 is 2.38 bits per heavy atom. The van der Waals surface area contributed by atoms with Crippen molar-refractivity contribution >= 4 is 0 Å². The summed E-state index contributed by atoms with van der Waals surface area (Å²) in [4.78, 5) is 19.8. The van der Waals surface area contributed by atoms with Gasteiger partial charge in [-0.25, -0.2) is 0 Å². The molecule has 1 rings (SSSR count). The summed E-state index contributed by atoms with van der Waals surface area (Å²) in [6, 6.07) is 0. The van der Waals surface area contributed by atoms with Crippen LogP contribution >= 0.6 is 0 Å². The molecule has 0 saturated carbocycles. The van der Waals surface area contributed by atoms with Crippen LogP contribution in [0.4, 0.5) is 0 Å². The van der Waals surface area contributed by atoms with Gasteiger partial charge in [-0.05, 0) is 6.08 Å². The monoisotopic (exact) mass is 184 g/mol. The van der Waals surface area contributed by atoms with E-state index in [1.807, 2.05) is 0 Å². The Kier molecular flexibility index (Phi) is 2.14. The first-order chi connectivity index (χ1) is 5.96. The van der Waals surface area contributed by atoms with Gasteiger partial charge in [0, 0.05) is 30.4 Å². The molecule has 0 spiro atoms. The fourth-order valence-corrected chi connectivity index (χ4v) is 0.983. The molecule has 0 heterocycles. The van der Waals surface area contributed by atoms with Crippen LogP contribution in [0.3, 0.4) is 0 Å². The molecule has 70 valence electrons. The summed E-state index contributed by atoms with van der Waals surface area (Å²) in [5.41, 5.74) is -1.28. The third kappa shape index (κ3) is 1.71. The lowest BCUT2D eigenvalue weighted by Gasteiger charge is -2.16. The van der Waals surface area contributed by atoms with E-state index in [0.29, 0.717) is 0 Å². The molecule has 0 N–H and O–H groups in total. The largest absolute Gasteiger partial charge is 0.265 e. The van der Waals surface area contributed by atoms with Crippen molar-refractivity contribution in [3.05, 3.63) is 44.2 Å². The van der Waals surface area contributed by atoms with Crippen molar-refractivity contribution in [2.24, 2.45) is 0 Å². The highest BCUT2D eigenvalue weighted by Crippen LogP contribution is 2.23. The number of nitro groups is 2. The first kappa shape index (κ1) is 9.37. The van der Waals surface area contributed by atoms with Crippen LogP contribution in [0.5, 0.6) is 0 Å². The van der Waals surface area contributed by atoms with Gasteiger partial charge in [0.1, 0.15) is 0 Å². The summed E-state index contributed by atoms with van der Waals surface area (Å²) in [6.45, 7) is 1.43. The standard InChI is InChI=1S/C7H8N2O4/c1-7(9(12)13)4-2-6(3-5-7)8(10)11/h2-4H,5H2,1H3. The zero-order chi connectivity index (χ0) is 10.1. The molecular weight excluding hydrogens is 176 g/mol. The van der Waals surface area contributed by atoms with Crippen molar-refractivity contribution in [3.63, 3.8) is 0 Å². The summed E-state index contributed by atoms with van der Waals surface area (Å²) in [7, 11) is 0. The topological polar surface area (TPSA) is 86.3 Å². The Hall–Kier alpha value is -1.72. The highest BCUT2D eigenvalue weighted by molar-refractivity contribution is 5.21. The Bertz CT molecular complexity index is 320. The van der Waals surface area contributed by atoms with Crippen LogP contribution in [0.15, 0.2) is 23.9 Å². The Morgan fingerprint density at radius 2 is 2.08 bits per heavy atom. The molecular formula is C7H8N2O4. The maximum Gasteiger partial charge on any atom is 0.265 e. The summed E-state index contributed by atoms with van der Waals surface area (Å²) in [5, 5.41) is 20.8. The second-order valence-electron chi connectivity index (χ2n) is 3.04. The van der Waals surface area contributed by atoms with Crippen molar-refractivity contribution in [2.75, 3.05) is 0 Å². The van der Waals surface area contributed by atoms with Gasteiger partial charge >= 0.3 is 0 Å². The van der Waals surface area contributed by atoms with Crippen LogP contribution < -0.4 is 0 Å². The van der Waals surface area contributed by atoms with Crippen molar-refractivity contribution in [1.82, 2.24) is 0 Å². The third-order valence-electron chi connectivity index (χ3n) is 1.97. The molecule has 0 fully saturated rings. The van der Waals surface area contributed by atoms with Gasteiger partial charge in [0.25, 0.3) is 5.70 Å². The molecule has 0 saturated heterocycles. The summed E-state index contributed by atoms with van der Waals surface area (Å²) in [6.07, 6.45) is 3.76. The van der Waals surface area contributed by atoms with Crippen LogP contribution in [0.2, 0.25) is 0 Å². The van der Waals surface area contributed by atoms with Gasteiger partial charge in [-0.3, -0.25) is 20.2 Å². The zero-order valence-electron chi connectivity index (χ0n) is 6.97. The predicted molar refractivity (Wildman–Crippen MR) is 44.2 cm³/mol. The molecule has 0 aromatic rings. The van der Waals surface area contributed by atoms with E-state index in [1.165, 1.54) is 25.2 Å². The van der Waals surface area contributed by atoms with Crippen LogP contribution in [-0.4, -0.2) is 15.4 Å². The van der Waals surface area contributed by atoms with E-state index in [2.05, 4.69) is 0 Å². The molecule has 6 heteroatoms.